The lowest BCUT2D eigenvalue weighted by molar-refractivity contribution is 0.0471. The van der Waals surface area contributed by atoms with Crippen LogP contribution < -0.4 is 10.1 Å². The quantitative estimate of drug-likeness (QED) is 0.630. The van der Waals surface area contributed by atoms with E-state index in [0.29, 0.717) is 22.0 Å². The van der Waals surface area contributed by atoms with E-state index in [0.717, 1.165) is 0 Å². The van der Waals surface area contributed by atoms with Crippen molar-refractivity contribution in [1.82, 2.24) is 0 Å². The topological polar surface area (TPSA) is 77.8 Å². The van der Waals surface area contributed by atoms with Crippen molar-refractivity contribution in [3.8, 4) is 5.75 Å². The first kappa shape index (κ1) is 18.5. The second kappa shape index (κ2) is 8.42. The second-order valence-corrected chi connectivity index (χ2v) is 5.95. The van der Waals surface area contributed by atoms with Crippen LogP contribution in [0.3, 0.4) is 0 Å². The summed E-state index contributed by atoms with van der Waals surface area (Å²) >= 11 is 5.99. The van der Waals surface area contributed by atoms with Gasteiger partial charge in [0, 0.05) is 10.6 Å². The molecule has 0 radical (unpaired) electrons. The highest BCUT2D eigenvalue weighted by atomic mass is 35.5. The van der Waals surface area contributed by atoms with Crippen LogP contribution >= 0.6 is 11.6 Å². The summed E-state index contributed by atoms with van der Waals surface area (Å²) in [5, 5.41) is 3.15. The third-order valence-electron chi connectivity index (χ3n) is 3.74. The number of hydrogen-bond donors (Lipinski definition) is 1. The number of furan rings is 1. The fourth-order valence-corrected chi connectivity index (χ4v) is 2.64. The van der Waals surface area contributed by atoms with Gasteiger partial charge < -0.3 is 19.2 Å². The van der Waals surface area contributed by atoms with Gasteiger partial charge in [-0.25, -0.2) is 4.79 Å². The predicted octanol–water partition coefficient (Wildman–Crippen LogP) is 4.55. The van der Waals surface area contributed by atoms with Gasteiger partial charge in [0.15, 0.2) is 5.76 Å². The Morgan fingerprint density at radius 2 is 1.93 bits per heavy atom. The minimum Gasteiger partial charge on any atom is -0.496 e. The van der Waals surface area contributed by atoms with Crippen molar-refractivity contribution in [2.75, 3.05) is 12.4 Å². The maximum Gasteiger partial charge on any atom is 0.340 e. The summed E-state index contributed by atoms with van der Waals surface area (Å²) in [6.07, 6.45) is 1.40. The first-order chi connectivity index (χ1) is 13.1. The highest BCUT2D eigenvalue weighted by molar-refractivity contribution is 6.30. The zero-order chi connectivity index (χ0) is 19.2. The van der Waals surface area contributed by atoms with E-state index in [-0.39, 0.29) is 17.9 Å². The van der Waals surface area contributed by atoms with Crippen LogP contribution in [0.2, 0.25) is 5.02 Å². The summed E-state index contributed by atoms with van der Waals surface area (Å²) in [7, 11) is 1.52. The van der Waals surface area contributed by atoms with Crippen molar-refractivity contribution >= 4 is 29.2 Å². The lowest BCUT2D eigenvalue weighted by Crippen LogP contribution is -2.15. The molecule has 3 aromatic rings. The van der Waals surface area contributed by atoms with Gasteiger partial charge in [0.2, 0.25) is 0 Å². The smallest absolute Gasteiger partial charge is 0.340 e. The van der Waals surface area contributed by atoms with Crippen LogP contribution in [0.5, 0.6) is 5.75 Å². The lowest BCUT2D eigenvalue weighted by Gasteiger charge is -2.12. The Hall–Kier alpha value is -3.25. The summed E-state index contributed by atoms with van der Waals surface area (Å²) in [5.41, 5.74) is 1.18. The summed E-state index contributed by atoms with van der Waals surface area (Å²) in [5.74, 6) is -0.349. The van der Waals surface area contributed by atoms with Crippen LogP contribution in [-0.2, 0) is 11.3 Å². The number of esters is 1. The number of carbonyl (C=O) groups excluding carboxylic acids is 2. The van der Waals surface area contributed by atoms with Crippen LogP contribution in [0.25, 0.3) is 0 Å². The van der Waals surface area contributed by atoms with Gasteiger partial charge in [-0.3, -0.25) is 4.79 Å². The van der Waals surface area contributed by atoms with E-state index in [2.05, 4.69) is 5.32 Å². The molecule has 6 nitrogen and oxygen atoms in total. The van der Waals surface area contributed by atoms with E-state index >= 15 is 0 Å². The van der Waals surface area contributed by atoms with Crippen LogP contribution in [0.4, 0.5) is 5.69 Å². The molecular weight excluding hydrogens is 370 g/mol. The molecule has 138 valence electrons. The maximum atomic E-state index is 12.5. The molecule has 1 N–H and O–H groups in total. The molecule has 0 atom stereocenters. The number of anilines is 1. The Morgan fingerprint density at radius 3 is 2.67 bits per heavy atom. The summed E-state index contributed by atoms with van der Waals surface area (Å²) in [6, 6.07) is 14.7. The number of amides is 1. The van der Waals surface area contributed by atoms with E-state index in [9.17, 15) is 9.59 Å². The molecule has 1 aromatic heterocycles. The number of rotatable bonds is 6. The third kappa shape index (κ3) is 4.48. The average Bonchev–Trinajstić information content (AvgIpc) is 3.21. The maximum absolute atomic E-state index is 12.5. The number of nitrogens with one attached hydrogen (secondary N) is 1. The van der Waals surface area contributed by atoms with Crippen molar-refractivity contribution in [3.05, 3.63) is 82.8 Å². The monoisotopic (exact) mass is 385 g/mol. The minimum absolute atomic E-state index is 0.0248. The average molecular weight is 386 g/mol. The molecule has 7 heteroatoms. The third-order valence-corrected chi connectivity index (χ3v) is 3.98. The largest absolute Gasteiger partial charge is 0.496 e. The highest BCUT2D eigenvalue weighted by Gasteiger charge is 2.17. The number of carbonyl (C=O) groups is 2. The van der Waals surface area contributed by atoms with Crippen LogP contribution in [0.15, 0.2) is 65.3 Å². The van der Waals surface area contributed by atoms with E-state index in [1.54, 1.807) is 48.5 Å². The van der Waals surface area contributed by atoms with Gasteiger partial charge in [0.25, 0.3) is 5.91 Å². The number of para-hydroxylation sites is 1. The molecule has 0 aliphatic carbocycles. The Labute approximate surface area is 160 Å². The van der Waals surface area contributed by atoms with E-state index < -0.39 is 11.9 Å². The molecule has 0 aliphatic heterocycles. The number of methoxy groups -OCH3 is 1. The Bertz CT molecular complexity index is 953. The molecule has 1 heterocycles. The summed E-state index contributed by atoms with van der Waals surface area (Å²) < 4.78 is 15.7. The van der Waals surface area contributed by atoms with Crippen molar-refractivity contribution in [2.45, 2.75) is 6.61 Å². The Balaban J connectivity index is 1.74. The highest BCUT2D eigenvalue weighted by Crippen LogP contribution is 2.24. The van der Waals surface area contributed by atoms with E-state index in [1.807, 2.05) is 0 Å². The standard InChI is InChI=1S/C20H16ClNO5/c1-25-17-9-8-14(21)11-13(17)12-27-20(24)15-5-2-3-6-16(15)22-19(23)18-7-4-10-26-18/h2-11H,12H2,1H3,(H,22,23). The van der Waals surface area contributed by atoms with Crippen molar-refractivity contribution < 1.29 is 23.5 Å². The molecule has 0 saturated carbocycles. The molecule has 0 spiro atoms. The molecule has 1 amide bonds. The first-order valence-electron chi connectivity index (χ1n) is 8.02. The molecule has 0 fully saturated rings. The van der Waals surface area contributed by atoms with E-state index in [1.165, 1.54) is 19.4 Å². The normalized spacial score (nSPS) is 10.3. The van der Waals surface area contributed by atoms with Crippen molar-refractivity contribution in [3.63, 3.8) is 0 Å². The molecule has 3 rings (SSSR count). The number of halogens is 1. The minimum atomic E-state index is -0.590. The SMILES string of the molecule is COc1ccc(Cl)cc1COC(=O)c1ccccc1NC(=O)c1ccco1. The van der Waals surface area contributed by atoms with Gasteiger partial charge in [-0.05, 0) is 42.5 Å². The van der Waals surface area contributed by atoms with Crippen LogP contribution in [0, 0.1) is 0 Å². The van der Waals surface area contributed by atoms with Crippen LogP contribution in [-0.4, -0.2) is 19.0 Å². The lowest BCUT2D eigenvalue weighted by atomic mass is 10.1. The summed E-state index contributed by atoms with van der Waals surface area (Å²) in [6.45, 7) is -0.0248. The molecule has 0 saturated heterocycles. The van der Waals surface area contributed by atoms with Gasteiger partial charge in [-0.2, -0.15) is 0 Å². The molecule has 0 unspecified atom stereocenters. The fourth-order valence-electron chi connectivity index (χ4n) is 2.44. The molecule has 0 bridgehead atoms. The van der Waals surface area contributed by atoms with Gasteiger partial charge in [0.1, 0.15) is 12.4 Å². The van der Waals surface area contributed by atoms with Crippen molar-refractivity contribution in [1.29, 1.82) is 0 Å². The fraction of sp³-hybridized carbons (Fsp3) is 0.100. The number of benzene rings is 2. The van der Waals surface area contributed by atoms with Crippen molar-refractivity contribution in [2.24, 2.45) is 0 Å². The van der Waals surface area contributed by atoms with Gasteiger partial charge in [0.05, 0.1) is 24.6 Å². The second-order valence-electron chi connectivity index (χ2n) is 5.51. The Kier molecular flexibility index (Phi) is 5.78. The molecular formula is C20H16ClNO5. The zero-order valence-electron chi connectivity index (χ0n) is 14.4. The van der Waals surface area contributed by atoms with E-state index in [4.69, 9.17) is 25.5 Å². The zero-order valence-corrected chi connectivity index (χ0v) is 15.2. The van der Waals surface area contributed by atoms with Gasteiger partial charge in [-0.1, -0.05) is 23.7 Å². The predicted molar refractivity (Wildman–Crippen MR) is 100 cm³/mol. The number of hydrogen-bond acceptors (Lipinski definition) is 5. The first-order valence-corrected chi connectivity index (χ1v) is 8.39. The number of ether oxygens (including phenoxy) is 2. The molecule has 27 heavy (non-hydrogen) atoms. The molecule has 0 aliphatic rings. The Morgan fingerprint density at radius 1 is 1.11 bits per heavy atom. The summed E-state index contributed by atoms with van der Waals surface area (Å²) in [4.78, 5) is 24.7. The van der Waals surface area contributed by atoms with Gasteiger partial charge in [-0.15, -0.1) is 0 Å². The molecule has 2 aromatic carbocycles. The van der Waals surface area contributed by atoms with Crippen LogP contribution in [0.1, 0.15) is 26.5 Å². The van der Waals surface area contributed by atoms with Gasteiger partial charge >= 0.3 is 5.97 Å².